The maximum Gasteiger partial charge on any atom is 0.115 e. The summed E-state index contributed by atoms with van der Waals surface area (Å²) in [5.74, 6) is 2.99. The van der Waals surface area contributed by atoms with Gasteiger partial charge in [0, 0.05) is 0 Å². The maximum absolute atomic E-state index is 9.83. The van der Waals surface area contributed by atoms with E-state index in [1.54, 1.807) is 5.56 Å². The van der Waals surface area contributed by atoms with Crippen molar-refractivity contribution in [1.29, 1.82) is 0 Å². The van der Waals surface area contributed by atoms with E-state index in [2.05, 4.69) is 26.8 Å². The van der Waals surface area contributed by atoms with Crippen LogP contribution in [0.15, 0.2) is 18.2 Å². The first-order valence-electron chi connectivity index (χ1n) is 10.3. The summed E-state index contributed by atoms with van der Waals surface area (Å²) in [4.78, 5) is 0. The molecule has 1 nitrogen and oxygen atoms in total. The summed E-state index contributed by atoms with van der Waals surface area (Å²) in [6.45, 7) is 7.59. The first-order valence-corrected chi connectivity index (χ1v) is 10.3. The molecule has 3 aliphatic rings. The van der Waals surface area contributed by atoms with E-state index in [1.807, 2.05) is 12.1 Å². The Morgan fingerprint density at radius 1 is 1.12 bits per heavy atom. The number of phenolic OH excluding ortho intramolecular Hbond substituents is 1. The molecule has 1 aromatic rings. The van der Waals surface area contributed by atoms with Crippen molar-refractivity contribution >= 4 is 0 Å². The van der Waals surface area contributed by atoms with Gasteiger partial charge in [0.05, 0.1) is 0 Å². The van der Waals surface area contributed by atoms with Crippen LogP contribution in [0, 0.1) is 22.7 Å². The van der Waals surface area contributed by atoms with Gasteiger partial charge in [-0.3, -0.25) is 0 Å². The summed E-state index contributed by atoms with van der Waals surface area (Å²) in [7, 11) is 0. The molecule has 1 N–H and O–H groups in total. The number of unbranched alkanes of at least 4 members (excludes halogenated alkanes) is 1. The number of aryl methyl sites for hydroxylation is 1. The van der Waals surface area contributed by atoms with Crippen molar-refractivity contribution in [1.82, 2.24) is 0 Å². The monoisotopic (exact) mass is 326 g/mol. The maximum atomic E-state index is 9.83. The van der Waals surface area contributed by atoms with Crippen LogP contribution < -0.4 is 0 Å². The minimum atomic E-state index is 0.445. The van der Waals surface area contributed by atoms with Crippen molar-refractivity contribution in [3.05, 3.63) is 29.3 Å². The van der Waals surface area contributed by atoms with Gasteiger partial charge in [0.2, 0.25) is 0 Å². The standard InChI is InChI=1S/C23H34O/c1-4-5-12-22(2)13-11-21-20-8-6-16-15-17(24)7-9-18(16)19(20)10-14-23(21,22)3/h7,9,15,19-21,24H,4-6,8,10-14H2,1-3H3/t19-,20-,21+,22+,23+/m1/s1. The highest BCUT2D eigenvalue weighted by molar-refractivity contribution is 5.40. The van der Waals surface area contributed by atoms with Crippen molar-refractivity contribution in [3.63, 3.8) is 0 Å². The molecule has 2 fully saturated rings. The van der Waals surface area contributed by atoms with E-state index in [0.29, 0.717) is 16.6 Å². The van der Waals surface area contributed by atoms with Gasteiger partial charge in [-0.1, -0.05) is 39.7 Å². The lowest BCUT2D eigenvalue weighted by molar-refractivity contribution is -0.0230. The average molecular weight is 327 g/mol. The van der Waals surface area contributed by atoms with Crippen LogP contribution in [0.4, 0.5) is 0 Å². The number of aromatic hydroxyl groups is 1. The molecule has 0 heterocycles. The van der Waals surface area contributed by atoms with Crippen molar-refractivity contribution in [2.24, 2.45) is 22.7 Å². The zero-order valence-electron chi connectivity index (χ0n) is 15.8. The molecular formula is C23H34O. The van der Waals surface area contributed by atoms with Gasteiger partial charge in [-0.15, -0.1) is 0 Å². The number of phenols is 1. The van der Waals surface area contributed by atoms with Crippen LogP contribution in [0.25, 0.3) is 0 Å². The van der Waals surface area contributed by atoms with Crippen molar-refractivity contribution in [2.75, 3.05) is 0 Å². The van der Waals surface area contributed by atoms with Gasteiger partial charge in [-0.25, -0.2) is 0 Å². The summed E-state index contributed by atoms with van der Waals surface area (Å²) < 4.78 is 0. The first-order chi connectivity index (χ1) is 11.5. The molecule has 0 saturated heterocycles. The normalized spacial score (nSPS) is 40.7. The molecule has 4 rings (SSSR count). The second kappa shape index (κ2) is 5.78. The van der Waals surface area contributed by atoms with Gasteiger partial charge >= 0.3 is 0 Å². The molecule has 1 heteroatoms. The largest absolute Gasteiger partial charge is 0.508 e. The molecule has 0 amide bonds. The predicted octanol–water partition coefficient (Wildman–Crippen LogP) is 6.44. The SMILES string of the molecule is CCCC[C@@]1(C)CC[C@H]2[C@@H]3CCc4cc(O)ccc4[C@H]3CC[C@@]21C. The third kappa shape index (κ3) is 2.26. The van der Waals surface area contributed by atoms with Crippen LogP contribution in [0.3, 0.4) is 0 Å². The Morgan fingerprint density at radius 2 is 1.96 bits per heavy atom. The van der Waals surface area contributed by atoms with Crippen LogP contribution in [0.5, 0.6) is 5.75 Å². The Bertz CT molecular complexity index is 620. The molecule has 24 heavy (non-hydrogen) atoms. The average Bonchev–Trinajstić information content (AvgIpc) is 2.84. The zero-order chi connectivity index (χ0) is 16.9. The summed E-state index contributed by atoms with van der Waals surface area (Å²) in [6, 6.07) is 6.17. The highest BCUT2D eigenvalue weighted by atomic mass is 16.3. The van der Waals surface area contributed by atoms with E-state index < -0.39 is 0 Å². The third-order valence-corrected chi connectivity index (χ3v) is 8.57. The summed E-state index contributed by atoms with van der Waals surface area (Å²) in [5.41, 5.74) is 4.10. The first kappa shape index (κ1) is 16.5. The second-order valence-corrected chi connectivity index (χ2v) is 9.46. The van der Waals surface area contributed by atoms with Gasteiger partial charge in [0.25, 0.3) is 0 Å². The highest BCUT2D eigenvalue weighted by Gasteiger charge is 2.59. The van der Waals surface area contributed by atoms with E-state index in [1.165, 1.54) is 63.4 Å². The van der Waals surface area contributed by atoms with Crippen molar-refractivity contribution < 1.29 is 5.11 Å². The van der Waals surface area contributed by atoms with Crippen LogP contribution in [0.2, 0.25) is 0 Å². The number of hydrogen-bond acceptors (Lipinski definition) is 1. The lowest BCUT2D eigenvalue weighted by Gasteiger charge is -2.54. The van der Waals surface area contributed by atoms with E-state index in [9.17, 15) is 5.11 Å². The fraction of sp³-hybridized carbons (Fsp3) is 0.739. The predicted molar refractivity (Wildman–Crippen MR) is 100 cm³/mol. The van der Waals surface area contributed by atoms with E-state index in [0.717, 1.165) is 17.8 Å². The molecule has 5 atom stereocenters. The highest BCUT2D eigenvalue weighted by Crippen LogP contribution is 2.68. The molecule has 0 unspecified atom stereocenters. The molecule has 3 aliphatic carbocycles. The minimum absolute atomic E-state index is 0.445. The molecule has 0 radical (unpaired) electrons. The van der Waals surface area contributed by atoms with Crippen molar-refractivity contribution in [3.8, 4) is 5.75 Å². The molecule has 0 aromatic heterocycles. The molecule has 0 bridgehead atoms. The number of fused-ring (bicyclic) bond motifs is 5. The molecule has 0 spiro atoms. The smallest absolute Gasteiger partial charge is 0.115 e. The Balaban J connectivity index is 1.63. The second-order valence-electron chi connectivity index (χ2n) is 9.46. The third-order valence-electron chi connectivity index (χ3n) is 8.57. The van der Waals surface area contributed by atoms with Gasteiger partial charge < -0.3 is 5.11 Å². The minimum Gasteiger partial charge on any atom is -0.508 e. The summed E-state index contributed by atoms with van der Waals surface area (Å²) in [6.07, 6.45) is 12.3. The fourth-order valence-electron chi connectivity index (χ4n) is 6.91. The molecule has 2 saturated carbocycles. The Labute approximate surface area is 147 Å². The molecular weight excluding hydrogens is 292 g/mol. The van der Waals surface area contributed by atoms with E-state index in [-0.39, 0.29) is 0 Å². The Morgan fingerprint density at radius 3 is 2.75 bits per heavy atom. The quantitative estimate of drug-likeness (QED) is 0.677. The van der Waals surface area contributed by atoms with Crippen LogP contribution in [-0.2, 0) is 6.42 Å². The van der Waals surface area contributed by atoms with E-state index >= 15 is 0 Å². The number of benzene rings is 1. The number of hydrogen-bond donors (Lipinski definition) is 1. The molecule has 132 valence electrons. The lowest BCUT2D eigenvalue weighted by atomic mass is 9.50. The summed E-state index contributed by atoms with van der Waals surface area (Å²) >= 11 is 0. The Hall–Kier alpha value is -0.980. The molecule has 1 aromatic carbocycles. The van der Waals surface area contributed by atoms with Gasteiger partial charge in [-0.2, -0.15) is 0 Å². The van der Waals surface area contributed by atoms with Crippen LogP contribution in [-0.4, -0.2) is 5.11 Å². The fourth-order valence-corrected chi connectivity index (χ4v) is 6.91. The van der Waals surface area contributed by atoms with Crippen LogP contribution >= 0.6 is 0 Å². The molecule has 0 aliphatic heterocycles. The van der Waals surface area contributed by atoms with Crippen LogP contribution in [0.1, 0.15) is 89.2 Å². The van der Waals surface area contributed by atoms with E-state index in [4.69, 9.17) is 0 Å². The topological polar surface area (TPSA) is 20.2 Å². The summed E-state index contributed by atoms with van der Waals surface area (Å²) in [5, 5.41) is 9.83. The number of rotatable bonds is 3. The van der Waals surface area contributed by atoms with Crippen molar-refractivity contribution in [2.45, 2.75) is 84.5 Å². The van der Waals surface area contributed by atoms with Gasteiger partial charge in [0.1, 0.15) is 5.75 Å². The lowest BCUT2D eigenvalue weighted by Crippen LogP contribution is -2.46. The van der Waals surface area contributed by atoms with Gasteiger partial charge in [0.15, 0.2) is 0 Å². The van der Waals surface area contributed by atoms with Gasteiger partial charge in [-0.05, 0) is 96.8 Å². The zero-order valence-corrected chi connectivity index (χ0v) is 15.8. The Kier molecular flexibility index (Phi) is 3.97.